The predicted octanol–water partition coefficient (Wildman–Crippen LogP) is 0.663. The highest BCUT2D eigenvalue weighted by molar-refractivity contribution is 7.09. The minimum atomic E-state index is -0.329. The van der Waals surface area contributed by atoms with Crippen molar-refractivity contribution in [2.45, 2.75) is 26.3 Å². The van der Waals surface area contributed by atoms with Gasteiger partial charge in [0.05, 0.1) is 6.61 Å². The van der Waals surface area contributed by atoms with Crippen molar-refractivity contribution in [3.63, 3.8) is 0 Å². The van der Waals surface area contributed by atoms with Gasteiger partial charge in [-0.3, -0.25) is 4.79 Å². The lowest BCUT2D eigenvalue weighted by Gasteiger charge is -2.12. The second-order valence-corrected chi connectivity index (χ2v) is 4.27. The van der Waals surface area contributed by atoms with Crippen molar-refractivity contribution in [1.82, 2.24) is 14.7 Å². The van der Waals surface area contributed by atoms with Crippen LogP contribution in [0.5, 0.6) is 0 Å². The van der Waals surface area contributed by atoms with Gasteiger partial charge in [0.25, 0.3) is 0 Å². The molecule has 1 heterocycles. The zero-order valence-corrected chi connectivity index (χ0v) is 11.1. The molecule has 0 aliphatic heterocycles. The summed E-state index contributed by atoms with van der Waals surface area (Å²) >= 11 is 1.27. The van der Waals surface area contributed by atoms with Gasteiger partial charge in [0.15, 0.2) is 0 Å². The maximum absolute atomic E-state index is 11.6. The predicted molar refractivity (Wildman–Crippen MR) is 67.3 cm³/mol. The van der Waals surface area contributed by atoms with Gasteiger partial charge < -0.3 is 15.4 Å². The van der Waals surface area contributed by atoms with Crippen LogP contribution in [0.1, 0.15) is 19.7 Å². The highest BCUT2D eigenvalue weighted by atomic mass is 32.1. The van der Waals surface area contributed by atoms with Gasteiger partial charge in [-0.05, 0) is 6.92 Å². The van der Waals surface area contributed by atoms with Gasteiger partial charge in [-0.15, -0.1) is 0 Å². The third kappa shape index (κ3) is 4.66. The summed E-state index contributed by atoms with van der Waals surface area (Å²) in [5, 5.41) is 6.45. The van der Waals surface area contributed by atoms with Crippen molar-refractivity contribution in [3.8, 4) is 0 Å². The van der Waals surface area contributed by atoms with E-state index in [1.165, 1.54) is 11.5 Å². The molecule has 1 atom stereocenters. The minimum Gasteiger partial charge on any atom is -0.383 e. The second kappa shape index (κ2) is 7.18. The van der Waals surface area contributed by atoms with Crippen molar-refractivity contribution in [1.29, 1.82) is 0 Å². The van der Waals surface area contributed by atoms with Crippen LogP contribution in [0.25, 0.3) is 0 Å². The zero-order valence-electron chi connectivity index (χ0n) is 10.3. The molecule has 96 valence electrons. The molecule has 7 heteroatoms. The van der Waals surface area contributed by atoms with Gasteiger partial charge in [0.2, 0.25) is 11.0 Å². The number of nitrogens with one attached hydrogen (secondary N) is 2. The van der Waals surface area contributed by atoms with E-state index in [1.807, 2.05) is 6.92 Å². The first-order valence-electron chi connectivity index (χ1n) is 5.53. The third-order valence-corrected chi connectivity index (χ3v) is 2.81. The molecule has 1 aromatic rings. The van der Waals surface area contributed by atoms with Crippen LogP contribution in [-0.4, -0.2) is 41.6 Å². The average molecular weight is 258 g/mol. The Kier molecular flexibility index (Phi) is 5.85. The number of hydrogen-bond donors (Lipinski definition) is 2. The van der Waals surface area contributed by atoms with Crippen molar-refractivity contribution in [2.75, 3.05) is 25.6 Å². The van der Waals surface area contributed by atoms with E-state index >= 15 is 0 Å². The fourth-order valence-electron chi connectivity index (χ4n) is 1.14. The molecule has 6 nitrogen and oxygen atoms in total. The summed E-state index contributed by atoms with van der Waals surface area (Å²) in [5.74, 6) is 0.722. The van der Waals surface area contributed by atoms with Gasteiger partial charge in [-0.2, -0.15) is 4.37 Å². The number of carbonyl (C=O) groups excluding carboxylic acids is 1. The molecular weight excluding hydrogens is 240 g/mol. The van der Waals surface area contributed by atoms with Crippen LogP contribution in [0.3, 0.4) is 0 Å². The smallest absolute Gasteiger partial charge is 0.242 e. The van der Waals surface area contributed by atoms with E-state index in [2.05, 4.69) is 20.0 Å². The number of hydrogen-bond acceptors (Lipinski definition) is 6. The summed E-state index contributed by atoms with van der Waals surface area (Å²) < 4.78 is 8.99. The van der Waals surface area contributed by atoms with Gasteiger partial charge in [0, 0.05) is 31.6 Å². The van der Waals surface area contributed by atoms with E-state index in [4.69, 9.17) is 4.74 Å². The van der Waals surface area contributed by atoms with Crippen LogP contribution in [0, 0.1) is 0 Å². The molecule has 1 rings (SSSR count). The Hall–Kier alpha value is -1.21. The first-order chi connectivity index (χ1) is 8.17. The molecule has 0 radical (unpaired) electrons. The average Bonchev–Trinajstić information content (AvgIpc) is 2.77. The SMILES string of the molecule is CCc1nsc(NC(C)C(=O)NCCOC)n1. The molecule has 2 N–H and O–H groups in total. The Bertz CT molecular complexity index is 356. The normalized spacial score (nSPS) is 12.2. The molecule has 17 heavy (non-hydrogen) atoms. The number of anilines is 1. The number of carbonyl (C=O) groups is 1. The molecule has 1 amide bonds. The molecule has 0 aromatic carbocycles. The summed E-state index contributed by atoms with van der Waals surface area (Å²) in [6.07, 6.45) is 0.798. The number of nitrogens with zero attached hydrogens (tertiary/aromatic N) is 2. The lowest BCUT2D eigenvalue weighted by Crippen LogP contribution is -2.39. The third-order valence-electron chi connectivity index (χ3n) is 2.12. The standard InChI is InChI=1S/C10H18N4O2S/c1-4-8-13-10(17-14-8)12-7(2)9(15)11-5-6-16-3/h7H,4-6H2,1-3H3,(H,11,15)(H,12,13,14). The summed E-state index contributed by atoms with van der Waals surface area (Å²) in [5.41, 5.74) is 0. The topological polar surface area (TPSA) is 76.1 Å². The van der Waals surface area contributed by atoms with E-state index in [0.29, 0.717) is 18.3 Å². The Labute approximate surface area is 105 Å². The molecule has 1 aromatic heterocycles. The lowest BCUT2D eigenvalue weighted by atomic mass is 10.3. The van der Waals surface area contributed by atoms with Crippen LogP contribution in [-0.2, 0) is 16.0 Å². The van der Waals surface area contributed by atoms with Gasteiger partial charge in [-0.1, -0.05) is 6.92 Å². The first-order valence-corrected chi connectivity index (χ1v) is 6.30. The van der Waals surface area contributed by atoms with Crippen molar-refractivity contribution >= 4 is 22.6 Å². The number of rotatable bonds is 7. The zero-order chi connectivity index (χ0) is 12.7. The molecule has 0 spiro atoms. The summed E-state index contributed by atoms with van der Waals surface area (Å²) in [6.45, 7) is 4.80. The van der Waals surface area contributed by atoms with Crippen molar-refractivity contribution in [2.24, 2.45) is 0 Å². The van der Waals surface area contributed by atoms with Gasteiger partial charge in [-0.25, -0.2) is 4.98 Å². The van der Waals surface area contributed by atoms with Crippen LogP contribution < -0.4 is 10.6 Å². The maximum atomic E-state index is 11.6. The van der Waals surface area contributed by atoms with Crippen LogP contribution in [0.4, 0.5) is 5.13 Å². The molecule has 0 aliphatic rings. The second-order valence-electron chi connectivity index (χ2n) is 3.52. The molecule has 0 bridgehead atoms. The Morgan fingerprint density at radius 1 is 1.59 bits per heavy atom. The fraction of sp³-hybridized carbons (Fsp3) is 0.700. The van der Waals surface area contributed by atoms with Crippen LogP contribution in [0.15, 0.2) is 0 Å². The van der Waals surface area contributed by atoms with Gasteiger partial charge >= 0.3 is 0 Å². The lowest BCUT2D eigenvalue weighted by molar-refractivity contribution is -0.121. The molecule has 1 unspecified atom stereocenters. The highest BCUT2D eigenvalue weighted by Gasteiger charge is 2.13. The van der Waals surface area contributed by atoms with E-state index in [1.54, 1.807) is 14.0 Å². The number of aryl methyl sites for hydroxylation is 1. The quantitative estimate of drug-likeness (QED) is 0.703. The van der Waals surface area contributed by atoms with E-state index in [0.717, 1.165) is 12.2 Å². The van der Waals surface area contributed by atoms with Crippen molar-refractivity contribution in [3.05, 3.63) is 5.82 Å². The fourth-order valence-corrected chi connectivity index (χ4v) is 1.87. The van der Waals surface area contributed by atoms with Crippen molar-refractivity contribution < 1.29 is 9.53 Å². The molecule has 0 saturated carbocycles. The Morgan fingerprint density at radius 2 is 2.35 bits per heavy atom. The number of methoxy groups -OCH3 is 1. The summed E-state index contributed by atoms with van der Waals surface area (Å²) in [7, 11) is 1.60. The number of ether oxygens (including phenoxy) is 1. The summed E-state index contributed by atoms with van der Waals surface area (Å²) in [6, 6.07) is -0.329. The molecule has 0 aliphatic carbocycles. The maximum Gasteiger partial charge on any atom is 0.242 e. The largest absolute Gasteiger partial charge is 0.383 e. The molecular formula is C10H18N4O2S. The van der Waals surface area contributed by atoms with E-state index in [-0.39, 0.29) is 11.9 Å². The van der Waals surface area contributed by atoms with E-state index < -0.39 is 0 Å². The van der Waals surface area contributed by atoms with Crippen LogP contribution in [0.2, 0.25) is 0 Å². The first kappa shape index (κ1) is 13.9. The number of amides is 1. The number of aromatic nitrogens is 2. The Balaban J connectivity index is 2.37. The van der Waals surface area contributed by atoms with E-state index in [9.17, 15) is 4.79 Å². The monoisotopic (exact) mass is 258 g/mol. The highest BCUT2D eigenvalue weighted by Crippen LogP contribution is 2.12. The summed E-state index contributed by atoms with van der Waals surface area (Å²) in [4.78, 5) is 15.9. The molecule has 0 fully saturated rings. The minimum absolute atomic E-state index is 0.0738. The van der Waals surface area contributed by atoms with Gasteiger partial charge in [0.1, 0.15) is 11.9 Å². The Morgan fingerprint density at radius 3 is 2.94 bits per heavy atom. The molecule has 0 saturated heterocycles. The van der Waals surface area contributed by atoms with Crippen LogP contribution >= 0.6 is 11.5 Å².